The average Bonchev–Trinajstić information content (AvgIpc) is 2.04. The molecular weight excluding hydrogens is 206 g/mol. The third kappa shape index (κ3) is 1.79. The molecular formula is C8H6BrNO. The Hall–Kier alpha value is -0.850. The maximum Gasteiger partial charge on any atom is 0.0992 e. The van der Waals surface area contributed by atoms with Crippen molar-refractivity contribution in [3.05, 3.63) is 33.8 Å². The van der Waals surface area contributed by atoms with Gasteiger partial charge in [-0.2, -0.15) is 5.26 Å². The summed E-state index contributed by atoms with van der Waals surface area (Å²) < 4.78 is 0.777. The van der Waals surface area contributed by atoms with Gasteiger partial charge >= 0.3 is 0 Å². The van der Waals surface area contributed by atoms with E-state index < -0.39 is 0 Å². The lowest BCUT2D eigenvalue weighted by Gasteiger charge is -1.98. The monoisotopic (exact) mass is 211 g/mol. The third-order valence-electron chi connectivity index (χ3n) is 1.35. The lowest BCUT2D eigenvalue weighted by Crippen LogP contribution is -1.85. The molecule has 0 aliphatic rings. The second kappa shape index (κ2) is 3.51. The van der Waals surface area contributed by atoms with Crippen molar-refractivity contribution >= 4 is 15.9 Å². The van der Waals surface area contributed by atoms with Gasteiger partial charge in [0.1, 0.15) is 0 Å². The van der Waals surface area contributed by atoms with Crippen LogP contribution in [0.25, 0.3) is 0 Å². The highest BCUT2D eigenvalue weighted by atomic mass is 79.9. The topological polar surface area (TPSA) is 44.0 Å². The largest absolute Gasteiger partial charge is 0.392 e. The Morgan fingerprint density at radius 1 is 1.55 bits per heavy atom. The van der Waals surface area contributed by atoms with E-state index in [-0.39, 0.29) is 6.61 Å². The molecule has 0 saturated heterocycles. The molecule has 0 heterocycles. The minimum absolute atomic E-state index is 0.00765. The molecule has 2 nitrogen and oxygen atoms in total. The third-order valence-corrected chi connectivity index (χ3v) is 2.09. The summed E-state index contributed by atoms with van der Waals surface area (Å²) in [6.07, 6.45) is 0. The molecule has 0 spiro atoms. The number of benzene rings is 1. The van der Waals surface area contributed by atoms with Crippen molar-refractivity contribution in [1.29, 1.82) is 5.26 Å². The predicted molar refractivity (Wildman–Crippen MR) is 44.8 cm³/mol. The number of hydrogen-bond acceptors (Lipinski definition) is 2. The van der Waals surface area contributed by atoms with Crippen LogP contribution in [0.15, 0.2) is 22.7 Å². The lowest BCUT2D eigenvalue weighted by molar-refractivity contribution is 0.281. The number of nitrogens with zero attached hydrogens (tertiary/aromatic N) is 1. The van der Waals surface area contributed by atoms with Crippen LogP contribution in [-0.4, -0.2) is 5.11 Å². The number of halogens is 1. The van der Waals surface area contributed by atoms with Gasteiger partial charge in [-0.3, -0.25) is 0 Å². The molecule has 0 saturated carbocycles. The molecule has 0 aliphatic heterocycles. The maximum atomic E-state index is 8.77. The first-order valence-electron chi connectivity index (χ1n) is 3.07. The van der Waals surface area contributed by atoms with Gasteiger partial charge < -0.3 is 5.11 Å². The molecule has 0 radical (unpaired) electrons. The predicted octanol–water partition coefficient (Wildman–Crippen LogP) is 1.81. The van der Waals surface area contributed by atoms with Crippen LogP contribution in [0, 0.1) is 11.3 Å². The zero-order chi connectivity index (χ0) is 8.27. The Morgan fingerprint density at radius 3 is 2.73 bits per heavy atom. The van der Waals surface area contributed by atoms with E-state index in [4.69, 9.17) is 10.4 Å². The Kier molecular flexibility index (Phi) is 2.64. The number of aliphatic hydroxyl groups excluding tert-OH is 1. The van der Waals surface area contributed by atoms with Crippen LogP contribution in [-0.2, 0) is 6.61 Å². The summed E-state index contributed by atoms with van der Waals surface area (Å²) >= 11 is 3.24. The molecule has 0 bridgehead atoms. The Bertz CT molecular complexity index is 303. The molecule has 0 aromatic heterocycles. The summed E-state index contributed by atoms with van der Waals surface area (Å²) in [5, 5.41) is 17.3. The molecule has 56 valence electrons. The molecule has 1 aromatic rings. The number of aliphatic hydroxyl groups is 1. The summed E-state index contributed by atoms with van der Waals surface area (Å²) in [7, 11) is 0. The van der Waals surface area contributed by atoms with Gasteiger partial charge in [-0.15, -0.1) is 0 Å². The quantitative estimate of drug-likeness (QED) is 0.771. The molecule has 0 atom stereocenters. The minimum atomic E-state index is -0.00765. The second-order valence-electron chi connectivity index (χ2n) is 2.08. The van der Waals surface area contributed by atoms with Gasteiger partial charge in [-0.05, 0) is 17.7 Å². The fraction of sp³-hybridized carbons (Fsp3) is 0.125. The van der Waals surface area contributed by atoms with Gasteiger partial charge in [0.05, 0.1) is 18.2 Å². The van der Waals surface area contributed by atoms with Crippen molar-refractivity contribution in [2.75, 3.05) is 0 Å². The van der Waals surface area contributed by atoms with Crippen molar-refractivity contribution in [3.63, 3.8) is 0 Å². The van der Waals surface area contributed by atoms with Gasteiger partial charge in [0.15, 0.2) is 0 Å². The molecule has 0 amide bonds. The van der Waals surface area contributed by atoms with Gasteiger partial charge in [0.2, 0.25) is 0 Å². The summed E-state index contributed by atoms with van der Waals surface area (Å²) in [5.74, 6) is 0. The van der Waals surface area contributed by atoms with E-state index in [2.05, 4.69) is 15.9 Å². The Morgan fingerprint density at radius 2 is 2.27 bits per heavy atom. The molecule has 0 fully saturated rings. The fourth-order valence-electron chi connectivity index (χ4n) is 0.745. The van der Waals surface area contributed by atoms with Crippen molar-refractivity contribution in [2.45, 2.75) is 6.61 Å². The standard InChI is InChI=1S/C8H6BrNO/c9-8-3-6(4-10)1-2-7(8)5-11/h1-3,11H,5H2. The van der Waals surface area contributed by atoms with Crippen molar-refractivity contribution in [3.8, 4) is 6.07 Å². The SMILES string of the molecule is N#Cc1ccc(CO)c(Br)c1. The van der Waals surface area contributed by atoms with E-state index in [1.165, 1.54) is 0 Å². The molecule has 0 unspecified atom stereocenters. The molecule has 1 N–H and O–H groups in total. The normalized spacial score (nSPS) is 9.18. The highest BCUT2D eigenvalue weighted by Crippen LogP contribution is 2.17. The molecule has 0 aliphatic carbocycles. The molecule has 11 heavy (non-hydrogen) atoms. The second-order valence-corrected chi connectivity index (χ2v) is 2.93. The van der Waals surface area contributed by atoms with Crippen LogP contribution in [0.3, 0.4) is 0 Å². The van der Waals surface area contributed by atoms with Crippen molar-refractivity contribution in [2.24, 2.45) is 0 Å². The highest BCUT2D eigenvalue weighted by Gasteiger charge is 1.98. The minimum Gasteiger partial charge on any atom is -0.392 e. The van der Waals surface area contributed by atoms with Crippen molar-refractivity contribution in [1.82, 2.24) is 0 Å². The lowest BCUT2D eigenvalue weighted by atomic mass is 10.2. The van der Waals surface area contributed by atoms with Crippen LogP contribution in [0.2, 0.25) is 0 Å². The summed E-state index contributed by atoms with van der Waals surface area (Å²) in [6.45, 7) is -0.00765. The van der Waals surface area contributed by atoms with E-state index in [1.807, 2.05) is 6.07 Å². The van der Waals surface area contributed by atoms with Gasteiger partial charge in [-0.1, -0.05) is 22.0 Å². The number of nitriles is 1. The summed E-state index contributed by atoms with van der Waals surface area (Å²) in [6, 6.07) is 7.10. The van der Waals surface area contributed by atoms with Crippen LogP contribution in [0.5, 0.6) is 0 Å². The summed E-state index contributed by atoms with van der Waals surface area (Å²) in [4.78, 5) is 0. The van der Waals surface area contributed by atoms with Gasteiger partial charge in [0.25, 0.3) is 0 Å². The zero-order valence-electron chi connectivity index (χ0n) is 5.71. The molecule has 1 aromatic carbocycles. The van der Waals surface area contributed by atoms with E-state index in [0.717, 1.165) is 10.0 Å². The maximum absolute atomic E-state index is 8.77. The fourth-order valence-corrected chi connectivity index (χ4v) is 1.25. The first-order valence-corrected chi connectivity index (χ1v) is 3.86. The van der Waals surface area contributed by atoms with Crippen LogP contribution in [0.1, 0.15) is 11.1 Å². The highest BCUT2D eigenvalue weighted by molar-refractivity contribution is 9.10. The van der Waals surface area contributed by atoms with Crippen LogP contribution >= 0.6 is 15.9 Å². The molecule has 1 rings (SSSR count). The van der Waals surface area contributed by atoms with E-state index in [9.17, 15) is 0 Å². The number of hydrogen-bond donors (Lipinski definition) is 1. The smallest absolute Gasteiger partial charge is 0.0992 e. The first kappa shape index (κ1) is 8.25. The first-order chi connectivity index (χ1) is 5.27. The van der Waals surface area contributed by atoms with Crippen molar-refractivity contribution < 1.29 is 5.11 Å². The van der Waals surface area contributed by atoms with Gasteiger partial charge in [0, 0.05) is 4.47 Å². The van der Waals surface area contributed by atoms with E-state index >= 15 is 0 Å². The Balaban J connectivity index is 3.12. The number of rotatable bonds is 1. The average molecular weight is 212 g/mol. The van der Waals surface area contributed by atoms with Gasteiger partial charge in [-0.25, -0.2) is 0 Å². The van der Waals surface area contributed by atoms with Crippen LogP contribution < -0.4 is 0 Å². The summed E-state index contributed by atoms with van der Waals surface area (Å²) in [5.41, 5.74) is 1.39. The zero-order valence-corrected chi connectivity index (χ0v) is 7.30. The Labute approximate surface area is 73.2 Å². The van der Waals surface area contributed by atoms with Crippen LogP contribution in [0.4, 0.5) is 0 Å². The molecule has 3 heteroatoms. The van der Waals surface area contributed by atoms with E-state index in [0.29, 0.717) is 5.56 Å². The van der Waals surface area contributed by atoms with E-state index in [1.54, 1.807) is 18.2 Å².